The van der Waals surface area contributed by atoms with Crippen LogP contribution in [0.2, 0.25) is 0 Å². The number of rotatable bonds is 7. The van der Waals surface area contributed by atoms with Crippen molar-refractivity contribution >= 4 is 17.9 Å². The highest BCUT2D eigenvalue weighted by atomic mass is 16.5. The highest BCUT2D eigenvalue weighted by Gasteiger charge is 2.42. The van der Waals surface area contributed by atoms with E-state index in [1.165, 1.54) is 7.11 Å². The maximum Gasteiger partial charge on any atom is 0.329 e. The van der Waals surface area contributed by atoms with Gasteiger partial charge in [-0.05, 0) is 12.8 Å². The van der Waals surface area contributed by atoms with Gasteiger partial charge in [0.1, 0.15) is 5.54 Å². The maximum absolute atomic E-state index is 11.7. The molecule has 1 aliphatic rings. The Morgan fingerprint density at radius 3 is 2.40 bits per heavy atom. The van der Waals surface area contributed by atoms with Crippen LogP contribution in [0.25, 0.3) is 0 Å². The lowest BCUT2D eigenvalue weighted by Crippen LogP contribution is -2.56. The van der Waals surface area contributed by atoms with Gasteiger partial charge in [0.05, 0.1) is 13.2 Å². The average Bonchev–Trinajstić information content (AvgIpc) is 2.86. The topological polar surface area (TPSA) is 117 Å². The zero-order valence-corrected chi connectivity index (χ0v) is 11.5. The maximum atomic E-state index is 11.7. The summed E-state index contributed by atoms with van der Waals surface area (Å²) in [6.45, 7) is 0.545. The fourth-order valence-corrected chi connectivity index (χ4v) is 2.15. The number of aliphatic carboxylic acids is 1. The minimum absolute atomic E-state index is 0.203. The van der Waals surface area contributed by atoms with Crippen molar-refractivity contribution < 1.29 is 24.2 Å². The molecule has 0 heterocycles. The standard InChI is InChI=1S/C12H21N3O5/c1-20-7-6-13-9(16)8-14-11(19)15-12(10(17)18)4-2-3-5-12/h2-8H2,1H3,(H,13,16)(H,17,18)(H2,14,15,19). The number of carbonyl (C=O) groups excluding carboxylic acids is 2. The number of amides is 3. The molecule has 0 spiro atoms. The Morgan fingerprint density at radius 1 is 1.20 bits per heavy atom. The van der Waals surface area contributed by atoms with Gasteiger partial charge in [0.15, 0.2) is 0 Å². The zero-order chi connectivity index (χ0) is 15.0. The van der Waals surface area contributed by atoms with Gasteiger partial charge < -0.3 is 25.8 Å². The van der Waals surface area contributed by atoms with E-state index in [1.54, 1.807) is 0 Å². The summed E-state index contributed by atoms with van der Waals surface area (Å²) in [7, 11) is 1.52. The van der Waals surface area contributed by atoms with Crippen LogP contribution < -0.4 is 16.0 Å². The highest BCUT2D eigenvalue weighted by Crippen LogP contribution is 2.29. The molecule has 8 heteroatoms. The van der Waals surface area contributed by atoms with Gasteiger partial charge in [0, 0.05) is 13.7 Å². The minimum atomic E-state index is -1.20. The molecule has 4 N–H and O–H groups in total. The molecule has 0 unspecified atom stereocenters. The van der Waals surface area contributed by atoms with E-state index < -0.39 is 17.5 Å². The van der Waals surface area contributed by atoms with Gasteiger partial charge >= 0.3 is 12.0 Å². The number of nitrogens with one attached hydrogen (secondary N) is 3. The molecule has 0 aromatic rings. The molecule has 1 aliphatic carbocycles. The van der Waals surface area contributed by atoms with Gasteiger partial charge in [0.25, 0.3) is 0 Å². The van der Waals surface area contributed by atoms with Crippen LogP contribution in [0, 0.1) is 0 Å². The molecule has 0 aliphatic heterocycles. The van der Waals surface area contributed by atoms with Gasteiger partial charge in [-0.15, -0.1) is 0 Å². The Kier molecular flexibility index (Phi) is 6.23. The fraction of sp³-hybridized carbons (Fsp3) is 0.750. The first kappa shape index (κ1) is 16.2. The van der Waals surface area contributed by atoms with E-state index in [9.17, 15) is 19.5 Å². The fourth-order valence-electron chi connectivity index (χ4n) is 2.15. The van der Waals surface area contributed by atoms with E-state index in [0.717, 1.165) is 12.8 Å². The lowest BCUT2D eigenvalue weighted by atomic mass is 9.98. The van der Waals surface area contributed by atoms with Crippen molar-refractivity contribution in [3.8, 4) is 0 Å². The van der Waals surface area contributed by atoms with Gasteiger partial charge in [-0.3, -0.25) is 4.79 Å². The van der Waals surface area contributed by atoms with Crippen LogP contribution in [0.4, 0.5) is 4.79 Å². The predicted molar refractivity (Wildman–Crippen MR) is 70.3 cm³/mol. The van der Waals surface area contributed by atoms with Gasteiger partial charge in [0.2, 0.25) is 5.91 Å². The molecule has 0 atom stereocenters. The molecule has 3 amide bonds. The molecule has 0 saturated heterocycles. The normalized spacial score (nSPS) is 16.4. The van der Waals surface area contributed by atoms with Crippen molar-refractivity contribution in [1.82, 2.24) is 16.0 Å². The van der Waals surface area contributed by atoms with E-state index in [4.69, 9.17) is 4.74 Å². The number of carbonyl (C=O) groups is 3. The second kappa shape index (κ2) is 7.68. The van der Waals surface area contributed by atoms with E-state index in [2.05, 4.69) is 16.0 Å². The Labute approximate surface area is 117 Å². The van der Waals surface area contributed by atoms with Crippen LogP contribution in [0.15, 0.2) is 0 Å². The number of carboxylic acids is 1. The van der Waals surface area contributed by atoms with Crippen LogP contribution in [0.1, 0.15) is 25.7 Å². The zero-order valence-electron chi connectivity index (χ0n) is 11.5. The Hall–Kier alpha value is -1.83. The first-order valence-corrected chi connectivity index (χ1v) is 6.55. The van der Waals surface area contributed by atoms with E-state index in [1.807, 2.05) is 0 Å². The van der Waals surface area contributed by atoms with Crippen LogP contribution in [0.5, 0.6) is 0 Å². The molecule has 1 fully saturated rings. The summed E-state index contributed by atoms with van der Waals surface area (Å²) in [6.07, 6.45) is 2.36. The summed E-state index contributed by atoms with van der Waals surface area (Å²) in [5.41, 5.74) is -1.20. The summed E-state index contributed by atoms with van der Waals surface area (Å²) in [4.78, 5) is 34.2. The lowest BCUT2D eigenvalue weighted by Gasteiger charge is -2.25. The third kappa shape index (κ3) is 4.69. The van der Waals surface area contributed by atoms with Gasteiger partial charge in [-0.1, -0.05) is 12.8 Å². The van der Waals surface area contributed by atoms with Crippen molar-refractivity contribution in [2.75, 3.05) is 26.8 Å². The number of hydrogen-bond donors (Lipinski definition) is 4. The molecule has 1 rings (SSSR count). The Morgan fingerprint density at radius 2 is 1.85 bits per heavy atom. The van der Waals surface area contributed by atoms with Crippen molar-refractivity contribution in [3.05, 3.63) is 0 Å². The molecular formula is C12H21N3O5. The monoisotopic (exact) mass is 287 g/mol. The molecule has 0 aromatic carbocycles. The molecule has 0 radical (unpaired) electrons. The third-order valence-corrected chi connectivity index (χ3v) is 3.26. The first-order valence-electron chi connectivity index (χ1n) is 6.55. The molecule has 0 bridgehead atoms. The van der Waals surface area contributed by atoms with E-state index in [0.29, 0.717) is 26.0 Å². The van der Waals surface area contributed by atoms with Gasteiger partial charge in [-0.2, -0.15) is 0 Å². The molecule has 20 heavy (non-hydrogen) atoms. The van der Waals surface area contributed by atoms with Crippen LogP contribution in [0.3, 0.4) is 0 Å². The predicted octanol–water partition coefficient (Wildman–Crippen LogP) is -0.554. The SMILES string of the molecule is COCCNC(=O)CNC(=O)NC1(C(=O)O)CCCC1. The summed E-state index contributed by atoms with van der Waals surface area (Å²) >= 11 is 0. The lowest BCUT2D eigenvalue weighted by molar-refractivity contribution is -0.144. The van der Waals surface area contributed by atoms with Crippen molar-refractivity contribution in [1.29, 1.82) is 0 Å². The minimum Gasteiger partial charge on any atom is -0.480 e. The highest BCUT2D eigenvalue weighted by molar-refractivity contribution is 5.88. The number of hydrogen-bond acceptors (Lipinski definition) is 4. The van der Waals surface area contributed by atoms with Gasteiger partial charge in [-0.25, -0.2) is 9.59 Å². The number of methoxy groups -OCH3 is 1. The second-order valence-corrected chi connectivity index (χ2v) is 4.74. The van der Waals surface area contributed by atoms with Crippen molar-refractivity contribution in [3.63, 3.8) is 0 Å². The molecule has 0 aromatic heterocycles. The summed E-state index contributed by atoms with van der Waals surface area (Å²) < 4.78 is 4.77. The van der Waals surface area contributed by atoms with E-state index in [-0.39, 0.29) is 12.5 Å². The Balaban J connectivity index is 2.32. The van der Waals surface area contributed by atoms with E-state index >= 15 is 0 Å². The quantitative estimate of drug-likeness (QED) is 0.469. The Bertz CT molecular complexity index is 366. The molecular weight excluding hydrogens is 266 g/mol. The second-order valence-electron chi connectivity index (χ2n) is 4.74. The van der Waals surface area contributed by atoms with Crippen LogP contribution in [-0.2, 0) is 14.3 Å². The summed E-state index contributed by atoms with van der Waals surface area (Å²) in [6, 6.07) is -0.642. The molecule has 1 saturated carbocycles. The van der Waals surface area contributed by atoms with Crippen LogP contribution >= 0.6 is 0 Å². The molecule has 8 nitrogen and oxygen atoms in total. The summed E-state index contributed by atoms with van der Waals surface area (Å²) in [5, 5.41) is 16.5. The van der Waals surface area contributed by atoms with Crippen LogP contribution in [-0.4, -0.2) is 55.4 Å². The molecule has 114 valence electrons. The third-order valence-electron chi connectivity index (χ3n) is 3.26. The average molecular weight is 287 g/mol. The number of carboxylic acid groups (broad SMARTS) is 1. The largest absolute Gasteiger partial charge is 0.480 e. The van der Waals surface area contributed by atoms with Crippen molar-refractivity contribution in [2.24, 2.45) is 0 Å². The number of ether oxygens (including phenoxy) is 1. The number of urea groups is 1. The van der Waals surface area contributed by atoms with Crippen molar-refractivity contribution in [2.45, 2.75) is 31.2 Å². The first-order chi connectivity index (χ1) is 9.50. The smallest absolute Gasteiger partial charge is 0.329 e. The summed E-state index contributed by atoms with van der Waals surface area (Å²) in [5.74, 6) is -1.39.